The molecule has 1 atom stereocenters. The molecule has 1 aromatic rings. The van der Waals surface area contributed by atoms with Crippen molar-refractivity contribution in [1.82, 2.24) is 14.6 Å². The van der Waals surface area contributed by atoms with Gasteiger partial charge in [0.1, 0.15) is 10.7 Å². The van der Waals surface area contributed by atoms with Gasteiger partial charge in [-0.25, -0.2) is 24.0 Å². The third-order valence-electron chi connectivity index (χ3n) is 2.19. The largest absolute Gasteiger partial charge is 0.308 e. The second-order valence-corrected chi connectivity index (χ2v) is 6.02. The van der Waals surface area contributed by atoms with Crippen LogP contribution in [0.15, 0.2) is 23.2 Å². The van der Waals surface area contributed by atoms with Crippen LogP contribution in [0.25, 0.3) is 0 Å². The number of nitrogen functional groups attached to an aromatic ring is 1. The molecule has 1 heterocycles. The van der Waals surface area contributed by atoms with Gasteiger partial charge in [0, 0.05) is 18.8 Å². The number of rotatable bonds is 6. The summed E-state index contributed by atoms with van der Waals surface area (Å²) in [5.41, 5.74) is 2.34. The average Bonchev–Trinajstić information content (AvgIpc) is 2.27. The van der Waals surface area contributed by atoms with Crippen molar-refractivity contribution in [2.45, 2.75) is 17.9 Å². The molecule has 102 valence electrons. The summed E-state index contributed by atoms with van der Waals surface area (Å²) in [6.45, 7) is 2.43. The summed E-state index contributed by atoms with van der Waals surface area (Å²) in [6, 6.07) is 2.77. The fourth-order valence-corrected chi connectivity index (χ4v) is 2.72. The summed E-state index contributed by atoms with van der Waals surface area (Å²) in [7, 11) is 0.228. The molecule has 7 nitrogen and oxygen atoms in total. The predicted octanol–water partition coefficient (Wildman–Crippen LogP) is -0.404. The van der Waals surface area contributed by atoms with Crippen LogP contribution in [0.1, 0.15) is 6.92 Å². The Bertz CT molecular complexity index is 472. The van der Waals surface area contributed by atoms with Crippen LogP contribution in [0.5, 0.6) is 0 Å². The van der Waals surface area contributed by atoms with Crippen LogP contribution in [-0.2, 0) is 10.0 Å². The van der Waals surface area contributed by atoms with Crippen LogP contribution < -0.4 is 16.0 Å². The molecule has 1 unspecified atom stereocenters. The summed E-state index contributed by atoms with van der Waals surface area (Å²) in [4.78, 5) is 5.89. The first-order chi connectivity index (χ1) is 8.35. The highest BCUT2D eigenvalue weighted by atomic mass is 32.2. The molecule has 18 heavy (non-hydrogen) atoms. The molecule has 1 aromatic heterocycles. The van der Waals surface area contributed by atoms with Gasteiger partial charge < -0.3 is 10.3 Å². The lowest BCUT2D eigenvalue weighted by Crippen LogP contribution is -2.39. The Morgan fingerprint density at radius 2 is 2.11 bits per heavy atom. The van der Waals surface area contributed by atoms with E-state index < -0.39 is 10.0 Å². The average molecular weight is 273 g/mol. The fraction of sp³-hybridized carbons (Fsp3) is 0.500. The van der Waals surface area contributed by atoms with Gasteiger partial charge in [0.2, 0.25) is 10.0 Å². The number of hydrogen-bond acceptors (Lipinski definition) is 6. The Balaban J connectivity index is 2.79. The Morgan fingerprint density at radius 3 is 2.56 bits per heavy atom. The summed E-state index contributed by atoms with van der Waals surface area (Å²) < 4.78 is 26.6. The second-order valence-electron chi connectivity index (χ2n) is 4.31. The first kappa shape index (κ1) is 14.8. The molecule has 0 aromatic carbocycles. The van der Waals surface area contributed by atoms with Gasteiger partial charge in [-0.1, -0.05) is 0 Å². The highest BCUT2D eigenvalue weighted by molar-refractivity contribution is 7.89. The van der Waals surface area contributed by atoms with Gasteiger partial charge in [-0.15, -0.1) is 0 Å². The summed E-state index contributed by atoms with van der Waals surface area (Å²) >= 11 is 0. The van der Waals surface area contributed by atoms with E-state index in [0.717, 1.165) is 0 Å². The standard InChI is InChI=1S/C10H19N5O2S/c1-8(7-15(2)3)14-18(16,17)9-4-5-10(13-11)12-6-9/h4-6,8,14H,7,11H2,1-3H3,(H,12,13). The third-order valence-corrected chi connectivity index (χ3v) is 3.76. The van der Waals surface area contributed by atoms with Crippen molar-refractivity contribution in [2.24, 2.45) is 5.84 Å². The topological polar surface area (TPSA) is 100 Å². The molecule has 8 heteroatoms. The summed E-state index contributed by atoms with van der Waals surface area (Å²) in [5, 5.41) is 0. The molecule has 1 rings (SSSR count). The minimum absolute atomic E-state index is 0.118. The quantitative estimate of drug-likeness (QED) is 0.481. The smallest absolute Gasteiger partial charge is 0.242 e. The zero-order chi connectivity index (χ0) is 13.8. The van der Waals surface area contributed by atoms with E-state index in [1.54, 1.807) is 6.92 Å². The van der Waals surface area contributed by atoms with Crippen LogP contribution in [0.3, 0.4) is 0 Å². The van der Waals surface area contributed by atoms with E-state index in [-0.39, 0.29) is 10.9 Å². The molecule has 0 spiro atoms. The van der Waals surface area contributed by atoms with E-state index in [4.69, 9.17) is 5.84 Å². The number of aromatic nitrogens is 1. The molecule has 0 aliphatic rings. The van der Waals surface area contributed by atoms with E-state index in [1.165, 1.54) is 18.3 Å². The maximum absolute atomic E-state index is 12.0. The maximum atomic E-state index is 12.0. The van der Waals surface area contributed by atoms with E-state index in [1.807, 2.05) is 19.0 Å². The first-order valence-electron chi connectivity index (χ1n) is 5.45. The number of sulfonamides is 1. The van der Waals surface area contributed by atoms with Crippen molar-refractivity contribution in [3.8, 4) is 0 Å². The number of likely N-dealkylation sites (N-methyl/N-ethyl adjacent to an activating group) is 1. The maximum Gasteiger partial charge on any atom is 0.242 e. The van der Waals surface area contributed by atoms with Gasteiger partial charge in [-0.3, -0.25) is 0 Å². The second kappa shape index (κ2) is 6.10. The minimum Gasteiger partial charge on any atom is -0.308 e. The number of anilines is 1. The summed E-state index contributed by atoms with van der Waals surface area (Å²) in [6.07, 6.45) is 1.26. The van der Waals surface area contributed by atoms with Gasteiger partial charge in [0.05, 0.1) is 0 Å². The van der Waals surface area contributed by atoms with E-state index in [0.29, 0.717) is 12.4 Å². The van der Waals surface area contributed by atoms with Crippen molar-refractivity contribution in [3.05, 3.63) is 18.3 Å². The van der Waals surface area contributed by atoms with Crippen molar-refractivity contribution in [1.29, 1.82) is 0 Å². The molecule has 0 fully saturated rings. The number of hydrogen-bond donors (Lipinski definition) is 3. The van der Waals surface area contributed by atoms with Crippen LogP contribution in [0.2, 0.25) is 0 Å². The van der Waals surface area contributed by atoms with E-state index in [2.05, 4.69) is 15.1 Å². The zero-order valence-electron chi connectivity index (χ0n) is 10.7. The van der Waals surface area contributed by atoms with Gasteiger partial charge in [-0.05, 0) is 33.2 Å². The van der Waals surface area contributed by atoms with E-state index in [9.17, 15) is 8.42 Å². The lowest BCUT2D eigenvalue weighted by atomic mass is 10.3. The van der Waals surface area contributed by atoms with Crippen molar-refractivity contribution in [3.63, 3.8) is 0 Å². The molecular formula is C10H19N5O2S. The number of nitrogens with one attached hydrogen (secondary N) is 2. The molecule has 0 saturated carbocycles. The van der Waals surface area contributed by atoms with Crippen LogP contribution >= 0.6 is 0 Å². The van der Waals surface area contributed by atoms with Crippen molar-refractivity contribution >= 4 is 15.8 Å². The number of nitrogens with two attached hydrogens (primary N) is 1. The number of pyridine rings is 1. The molecular weight excluding hydrogens is 254 g/mol. The lowest BCUT2D eigenvalue weighted by molar-refractivity contribution is 0.370. The monoisotopic (exact) mass is 273 g/mol. The summed E-state index contributed by atoms with van der Waals surface area (Å²) in [5.74, 6) is 5.57. The zero-order valence-corrected chi connectivity index (χ0v) is 11.5. The van der Waals surface area contributed by atoms with Crippen LogP contribution in [0, 0.1) is 0 Å². The Morgan fingerprint density at radius 1 is 1.44 bits per heavy atom. The van der Waals surface area contributed by atoms with Gasteiger partial charge in [0.25, 0.3) is 0 Å². The van der Waals surface area contributed by atoms with E-state index >= 15 is 0 Å². The first-order valence-corrected chi connectivity index (χ1v) is 6.93. The minimum atomic E-state index is -3.54. The Hall–Kier alpha value is -1.22. The lowest BCUT2D eigenvalue weighted by Gasteiger charge is -2.18. The molecule has 0 radical (unpaired) electrons. The molecule has 4 N–H and O–H groups in total. The Kier molecular flexibility index (Phi) is 5.03. The predicted molar refractivity (Wildman–Crippen MR) is 70.4 cm³/mol. The molecule has 0 aliphatic heterocycles. The Labute approximate surface area is 107 Å². The van der Waals surface area contributed by atoms with Gasteiger partial charge in [-0.2, -0.15) is 0 Å². The van der Waals surface area contributed by atoms with Crippen LogP contribution in [-0.4, -0.2) is 45.0 Å². The van der Waals surface area contributed by atoms with Gasteiger partial charge >= 0.3 is 0 Å². The molecule has 0 saturated heterocycles. The highest BCUT2D eigenvalue weighted by Crippen LogP contribution is 2.10. The molecule has 0 aliphatic carbocycles. The molecule has 0 bridgehead atoms. The van der Waals surface area contributed by atoms with Crippen LogP contribution in [0.4, 0.5) is 5.82 Å². The highest BCUT2D eigenvalue weighted by Gasteiger charge is 2.17. The fourth-order valence-electron chi connectivity index (χ4n) is 1.54. The number of hydrazine groups is 1. The SMILES string of the molecule is CC(CN(C)C)NS(=O)(=O)c1ccc(NN)nc1. The normalized spacial score (nSPS) is 13.6. The van der Waals surface area contributed by atoms with Crippen molar-refractivity contribution < 1.29 is 8.42 Å². The number of nitrogens with zero attached hydrogens (tertiary/aromatic N) is 2. The molecule has 0 amide bonds. The van der Waals surface area contributed by atoms with Gasteiger partial charge in [0.15, 0.2) is 0 Å². The van der Waals surface area contributed by atoms with Crippen molar-refractivity contribution in [2.75, 3.05) is 26.1 Å². The third kappa shape index (κ3) is 4.22.